The van der Waals surface area contributed by atoms with Crippen LogP contribution >= 0.6 is 0 Å². The summed E-state index contributed by atoms with van der Waals surface area (Å²) in [5.41, 5.74) is -0.317. The van der Waals surface area contributed by atoms with Gasteiger partial charge in [-0.3, -0.25) is 19.4 Å². The molecule has 174 valence electrons. The maximum absolute atomic E-state index is 13.1. The zero-order valence-electron chi connectivity index (χ0n) is 18.2. The van der Waals surface area contributed by atoms with Gasteiger partial charge in [-0.1, -0.05) is 42.5 Å². The summed E-state index contributed by atoms with van der Waals surface area (Å²) in [4.78, 5) is 39.1. The summed E-state index contributed by atoms with van der Waals surface area (Å²) in [5, 5.41) is 1.47. The standard InChI is InChI=1S/C25H19F3N2O4/c1-29-22(31)20(23(32)30(2)24(29)33)13-19-18-9-4-3-7-16(18)10-11-21(19)34-14-15-6-5-8-17(12-15)25(26,27)28/h3-13H,14H2,1-2H3. The fraction of sp³-hybridized carbons (Fsp3) is 0.160. The summed E-state index contributed by atoms with van der Waals surface area (Å²) in [7, 11) is 2.55. The molecule has 1 aliphatic heterocycles. The number of carbonyl (C=O) groups excluding carboxylic acids is 3. The Morgan fingerprint density at radius 2 is 1.56 bits per heavy atom. The summed E-state index contributed by atoms with van der Waals surface area (Å²) < 4.78 is 45.0. The van der Waals surface area contributed by atoms with Gasteiger partial charge in [-0.05, 0) is 40.6 Å². The Balaban J connectivity index is 1.77. The Kier molecular flexibility index (Phi) is 5.87. The van der Waals surface area contributed by atoms with Gasteiger partial charge < -0.3 is 4.74 Å². The van der Waals surface area contributed by atoms with Gasteiger partial charge >= 0.3 is 12.2 Å². The number of fused-ring (bicyclic) bond motifs is 1. The van der Waals surface area contributed by atoms with Crippen molar-refractivity contribution in [1.29, 1.82) is 0 Å². The Morgan fingerprint density at radius 3 is 2.24 bits per heavy atom. The SMILES string of the molecule is CN1C(=O)C(=Cc2c(OCc3cccc(C(F)(F)F)c3)ccc3ccccc23)C(=O)N(C)C1=O. The number of benzene rings is 3. The van der Waals surface area contributed by atoms with Gasteiger partial charge in [0.1, 0.15) is 17.9 Å². The highest BCUT2D eigenvalue weighted by Gasteiger charge is 2.38. The molecule has 0 bridgehead atoms. The van der Waals surface area contributed by atoms with Crippen molar-refractivity contribution >= 4 is 34.7 Å². The van der Waals surface area contributed by atoms with Crippen LogP contribution in [0, 0.1) is 0 Å². The molecule has 0 aromatic heterocycles. The minimum atomic E-state index is -4.48. The van der Waals surface area contributed by atoms with E-state index in [9.17, 15) is 27.6 Å². The number of ether oxygens (including phenoxy) is 1. The van der Waals surface area contributed by atoms with E-state index < -0.39 is 29.6 Å². The second kappa shape index (κ2) is 8.66. The van der Waals surface area contributed by atoms with Crippen LogP contribution in [0.4, 0.5) is 18.0 Å². The molecule has 6 nitrogen and oxygen atoms in total. The van der Waals surface area contributed by atoms with Crippen LogP contribution in [-0.4, -0.2) is 41.7 Å². The van der Waals surface area contributed by atoms with Crippen LogP contribution in [0.5, 0.6) is 5.75 Å². The number of hydrogen-bond donors (Lipinski definition) is 0. The Hall–Kier alpha value is -4.14. The molecule has 1 heterocycles. The van der Waals surface area contributed by atoms with Crippen LogP contribution < -0.4 is 4.74 Å². The summed E-state index contributed by atoms with van der Waals surface area (Å²) in [6, 6.07) is 14.6. The first-order valence-corrected chi connectivity index (χ1v) is 10.2. The molecule has 3 aromatic rings. The van der Waals surface area contributed by atoms with Crippen molar-refractivity contribution in [2.75, 3.05) is 14.1 Å². The fourth-order valence-corrected chi connectivity index (χ4v) is 3.67. The molecule has 4 rings (SSSR count). The predicted molar refractivity (Wildman–Crippen MR) is 119 cm³/mol. The first kappa shape index (κ1) is 23.0. The molecule has 0 atom stereocenters. The van der Waals surface area contributed by atoms with Crippen LogP contribution in [0.2, 0.25) is 0 Å². The number of alkyl halides is 3. The highest BCUT2D eigenvalue weighted by molar-refractivity contribution is 6.31. The average Bonchev–Trinajstić information content (AvgIpc) is 2.83. The lowest BCUT2D eigenvalue weighted by atomic mass is 9.99. The number of rotatable bonds is 4. The maximum Gasteiger partial charge on any atom is 0.416 e. The van der Waals surface area contributed by atoms with E-state index in [0.717, 1.165) is 27.3 Å². The van der Waals surface area contributed by atoms with Crippen molar-refractivity contribution in [2.45, 2.75) is 12.8 Å². The summed E-state index contributed by atoms with van der Waals surface area (Å²) in [6.07, 6.45) is -3.13. The highest BCUT2D eigenvalue weighted by atomic mass is 19.4. The fourth-order valence-electron chi connectivity index (χ4n) is 3.67. The summed E-state index contributed by atoms with van der Waals surface area (Å²) in [5.74, 6) is -1.25. The summed E-state index contributed by atoms with van der Waals surface area (Å²) >= 11 is 0. The molecule has 0 N–H and O–H groups in total. The molecule has 0 aliphatic carbocycles. The van der Waals surface area contributed by atoms with Crippen LogP contribution in [-0.2, 0) is 22.4 Å². The Morgan fingerprint density at radius 1 is 0.882 bits per heavy atom. The zero-order valence-corrected chi connectivity index (χ0v) is 18.2. The molecule has 0 saturated carbocycles. The van der Waals surface area contributed by atoms with E-state index in [1.807, 2.05) is 12.1 Å². The number of carbonyl (C=O) groups is 3. The van der Waals surface area contributed by atoms with E-state index in [1.165, 1.54) is 32.3 Å². The van der Waals surface area contributed by atoms with Gasteiger partial charge in [0.15, 0.2) is 0 Å². The van der Waals surface area contributed by atoms with Gasteiger partial charge in [0.05, 0.1) is 5.56 Å². The van der Waals surface area contributed by atoms with Crippen molar-refractivity contribution in [1.82, 2.24) is 9.80 Å². The number of urea groups is 1. The van der Waals surface area contributed by atoms with E-state index >= 15 is 0 Å². The van der Waals surface area contributed by atoms with Crippen molar-refractivity contribution < 1.29 is 32.3 Å². The second-order valence-corrected chi connectivity index (χ2v) is 7.75. The number of likely N-dealkylation sites (N-methyl/N-ethyl adjacent to an activating group) is 2. The number of hydrogen-bond acceptors (Lipinski definition) is 4. The predicted octanol–water partition coefficient (Wildman–Crippen LogP) is 4.87. The van der Waals surface area contributed by atoms with Crippen molar-refractivity contribution in [3.63, 3.8) is 0 Å². The van der Waals surface area contributed by atoms with Gasteiger partial charge in [-0.25, -0.2) is 4.79 Å². The monoisotopic (exact) mass is 468 g/mol. The molecule has 0 spiro atoms. The normalized spacial score (nSPS) is 14.7. The van der Waals surface area contributed by atoms with E-state index in [0.29, 0.717) is 16.5 Å². The second-order valence-electron chi connectivity index (χ2n) is 7.75. The van der Waals surface area contributed by atoms with Gasteiger partial charge in [0.2, 0.25) is 0 Å². The van der Waals surface area contributed by atoms with E-state index in [4.69, 9.17) is 4.74 Å². The maximum atomic E-state index is 13.1. The molecule has 0 unspecified atom stereocenters. The zero-order chi connectivity index (χ0) is 24.6. The molecule has 1 fully saturated rings. The number of halogens is 3. The molecular weight excluding hydrogens is 449 g/mol. The van der Waals surface area contributed by atoms with E-state index in [-0.39, 0.29) is 17.9 Å². The van der Waals surface area contributed by atoms with Crippen LogP contribution in [0.15, 0.2) is 66.2 Å². The number of barbiturate groups is 1. The van der Waals surface area contributed by atoms with Gasteiger partial charge in [0.25, 0.3) is 11.8 Å². The molecule has 4 amide bonds. The Labute approximate surface area is 192 Å². The van der Waals surface area contributed by atoms with Gasteiger partial charge in [0, 0.05) is 19.7 Å². The summed E-state index contributed by atoms with van der Waals surface area (Å²) in [6.45, 7) is -0.168. The quantitative estimate of drug-likeness (QED) is 0.405. The van der Waals surface area contributed by atoms with Crippen molar-refractivity contribution in [3.05, 3.63) is 82.9 Å². The molecule has 1 aliphatic rings. The minimum absolute atomic E-state index is 0.168. The van der Waals surface area contributed by atoms with Gasteiger partial charge in [-0.2, -0.15) is 13.2 Å². The topological polar surface area (TPSA) is 66.9 Å². The Bertz CT molecular complexity index is 1320. The largest absolute Gasteiger partial charge is 0.488 e. The average molecular weight is 468 g/mol. The number of imide groups is 2. The first-order valence-electron chi connectivity index (χ1n) is 10.2. The highest BCUT2D eigenvalue weighted by Crippen LogP contribution is 2.33. The molecule has 3 aromatic carbocycles. The molecule has 34 heavy (non-hydrogen) atoms. The van der Waals surface area contributed by atoms with Crippen LogP contribution in [0.3, 0.4) is 0 Å². The third-order valence-electron chi connectivity index (χ3n) is 5.51. The first-order chi connectivity index (χ1) is 16.1. The van der Waals surface area contributed by atoms with Crippen LogP contribution in [0.1, 0.15) is 16.7 Å². The number of nitrogens with zero attached hydrogens (tertiary/aromatic N) is 2. The van der Waals surface area contributed by atoms with Gasteiger partial charge in [-0.15, -0.1) is 0 Å². The van der Waals surface area contributed by atoms with E-state index in [2.05, 4.69) is 0 Å². The van der Waals surface area contributed by atoms with Crippen LogP contribution in [0.25, 0.3) is 16.8 Å². The van der Waals surface area contributed by atoms with E-state index in [1.54, 1.807) is 24.3 Å². The number of amides is 4. The third-order valence-corrected chi connectivity index (χ3v) is 5.51. The van der Waals surface area contributed by atoms with Crippen molar-refractivity contribution in [3.8, 4) is 5.75 Å². The third kappa shape index (κ3) is 4.24. The molecular formula is C25H19F3N2O4. The molecule has 1 saturated heterocycles. The lowest BCUT2D eigenvalue weighted by Gasteiger charge is -2.29. The minimum Gasteiger partial charge on any atom is -0.488 e. The smallest absolute Gasteiger partial charge is 0.416 e. The lowest BCUT2D eigenvalue weighted by molar-refractivity contribution is -0.138. The lowest BCUT2D eigenvalue weighted by Crippen LogP contribution is -2.52. The van der Waals surface area contributed by atoms with Crippen molar-refractivity contribution in [2.24, 2.45) is 0 Å². The molecule has 0 radical (unpaired) electrons. The molecule has 9 heteroatoms.